The van der Waals surface area contributed by atoms with Crippen molar-refractivity contribution >= 4 is 11.1 Å². The smallest absolute Gasteiger partial charge is 0.381 e. The molecule has 0 bridgehead atoms. The van der Waals surface area contributed by atoms with Gasteiger partial charge in [-0.05, 0) is 18.3 Å². The maximum Gasteiger partial charge on any atom is 0.497 e. The predicted molar refractivity (Wildman–Crippen MR) is 48.3 cm³/mol. The molecule has 1 aliphatic heterocycles. The molecule has 0 N–H and O–H groups in total. The molecule has 0 aromatic rings. The number of alkyl halides is 3. The Hall–Kier alpha value is -0.140. The van der Waals surface area contributed by atoms with Crippen molar-refractivity contribution in [3.8, 4) is 0 Å². The molecule has 0 saturated carbocycles. The Morgan fingerprint density at radius 1 is 1.40 bits per heavy atom. The Bertz CT molecular complexity index is 236. The summed E-state index contributed by atoms with van der Waals surface area (Å²) in [5.74, 6) is 0. The lowest BCUT2D eigenvalue weighted by atomic mass is 9.84. The predicted octanol–water partition coefficient (Wildman–Crippen LogP) is 2.00. The first-order chi connectivity index (χ1) is 6.83. The van der Waals surface area contributed by atoms with Crippen LogP contribution < -0.4 is 0 Å². The van der Waals surface area contributed by atoms with Crippen LogP contribution in [0.4, 0.5) is 13.2 Å². The van der Waals surface area contributed by atoms with E-state index >= 15 is 0 Å². The van der Waals surface area contributed by atoms with Crippen molar-refractivity contribution in [2.45, 2.75) is 25.3 Å². The van der Waals surface area contributed by atoms with Crippen molar-refractivity contribution in [1.29, 1.82) is 0 Å². The molecule has 0 aliphatic carbocycles. The summed E-state index contributed by atoms with van der Waals surface area (Å²) in [6, 6.07) is 0. The van der Waals surface area contributed by atoms with Crippen molar-refractivity contribution in [1.82, 2.24) is 0 Å². The molecule has 0 aromatic heterocycles. The largest absolute Gasteiger partial charge is 0.497 e. The highest BCUT2D eigenvalue weighted by molar-refractivity contribution is 7.81. The summed E-state index contributed by atoms with van der Waals surface area (Å²) in [5, 5.41) is 0. The third-order valence-corrected chi connectivity index (χ3v) is 3.11. The van der Waals surface area contributed by atoms with E-state index in [4.69, 9.17) is 4.74 Å². The SMILES string of the molecule is CC1(COS(=O)C(F)(F)F)CCOCC1. The molecular weight excluding hydrogens is 233 g/mol. The lowest BCUT2D eigenvalue weighted by Gasteiger charge is -2.32. The Morgan fingerprint density at radius 2 is 1.93 bits per heavy atom. The first-order valence-corrected chi connectivity index (χ1v) is 5.61. The van der Waals surface area contributed by atoms with Crippen LogP contribution in [0.15, 0.2) is 0 Å². The van der Waals surface area contributed by atoms with Gasteiger partial charge in [0.1, 0.15) is 0 Å². The monoisotopic (exact) mass is 246 g/mol. The first kappa shape index (κ1) is 12.9. The molecule has 1 rings (SSSR count). The highest BCUT2D eigenvalue weighted by Crippen LogP contribution is 2.31. The minimum Gasteiger partial charge on any atom is -0.381 e. The van der Waals surface area contributed by atoms with E-state index in [0.717, 1.165) is 0 Å². The first-order valence-electron chi connectivity index (χ1n) is 4.53. The molecule has 1 aliphatic rings. The van der Waals surface area contributed by atoms with E-state index in [2.05, 4.69) is 4.18 Å². The van der Waals surface area contributed by atoms with Crippen LogP contribution in [-0.2, 0) is 20.0 Å². The zero-order valence-electron chi connectivity index (χ0n) is 8.30. The Balaban J connectivity index is 2.38. The molecule has 0 spiro atoms. The van der Waals surface area contributed by atoms with Crippen LogP contribution in [0.1, 0.15) is 19.8 Å². The number of ether oxygens (including phenoxy) is 1. The fourth-order valence-electron chi connectivity index (χ4n) is 1.27. The highest BCUT2D eigenvalue weighted by Gasteiger charge is 2.40. The number of halogens is 3. The van der Waals surface area contributed by atoms with Gasteiger partial charge in [-0.15, -0.1) is 0 Å². The quantitative estimate of drug-likeness (QED) is 0.764. The van der Waals surface area contributed by atoms with Crippen LogP contribution in [0.25, 0.3) is 0 Å². The Kier molecular flexibility index (Phi) is 4.13. The van der Waals surface area contributed by atoms with Crippen molar-refractivity contribution in [3.05, 3.63) is 0 Å². The van der Waals surface area contributed by atoms with Crippen molar-refractivity contribution in [2.24, 2.45) is 5.41 Å². The van der Waals surface area contributed by atoms with Gasteiger partial charge in [-0.2, -0.15) is 13.2 Å². The van der Waals surface area contributed by atoms with Gasteiger partial charge in [0, 0.05) is 13.2 Å². The molecule has 3 nitrogen and oxygen atoms in total. The molecule has 1 saturated heterocycles. The van der Waals surface area contributed by atoms with Gasteiger partial charge in [0.2, 0.25) is 0 Å². The van der Waals surface area contributed by atoms with Crippen LogP contribution in [0, 0.1) is 5.41 Å². The van der Waals surface area contributed by atoms with Crippen molar-refractivity contribution < 1.29 is 26.3 Å². The molecule has 1 atom stereocenters. The van der Waals surface area contributed by atoms with Gasteiger partial charge in [-0.25, -0.2) is 4.21 Å². The summed E-state index contributed by atoms with van der Waals surface area (Å²) in [6.45, 7) is 2.68. The van der Waals surface area contributed by atoms with Gasteiger partial charge in [0.15, 0.2) is 0 Å². The summed E-state index contributed by atoms with van der Waals surface area (Å²) in [7, 11) is 0. The van der Waals surface area contributed by atoms with E-state index < -0.39 is 16.6 Å². The molecule has 90 valence electrons. The fourth-order valence-corrected chi connectivity index (χ4v) is 1.80. The molecule has 0 amide bonds. The molecule has 1 fully saturated rings. The van der Waals surface area contributed by atoms with Crippen molar-refractivity contribution in [3.63, 3.8) is 0 Å². The second-order valence-electron chi connectivity index (χ2n) is 3.87. The van der Waals surface area contributed by atoms with Gasteiger partial charge in [-0.3, -0.25) is 4.18 Å². The van der Waals surface area contributed by atoms with Crippen LogP contribution in [-0.4, -0.2) is 29.5 Å². The fraction of sp³-hybridized carbons (Fsp3) is 1.00. The van der Waals surface area contributed by atoms with Gasteiger partial charge in [0.05, 0.1) is 6.61 Å². The molecule has 0 radical (unpaired) electrons. The highest BCUT2D eigenvalue weighted by atomic mass is 32.2. The lowest BCUT2D eigenvalue weighted by molar-refractivity contribution is -0.0526. The summed E-state index contributed by atoms with van der Waals surface area (Å²) >= 11 is -3.21. The standard InChI is InChI=1S/C8H13F3O3S/c1-7(2-4-13-5-3-7)6-14-15(12)8(9,10)11/h2-6H2,1H3. The lowest BCUT2D eigenvalue weighted by Crippen LogP contribution is -2.33. The number of hydrogen-bond acceptors (Lipinski definition) is 3. The zero-order chi connectivity index (χ0) is 11.5. The van der Waals surface area contributed by atoms with E-state index in [-0.39, 0.29) is 12.0 Å². The second kappa shape index (κ2) is 4.80. The molecular formula is C8H13F3O3S. The third kappa shape index (κ3) is 4.08. The van der Waals surface area contributed by atoms with E-state index in [1.165, 1.54) is 0 Å². The van der Waals surface area contributed by atoms with E-state index in [1.807, 2.05) is 6.92 Å². The van der Waals surface area contributed by atoms with Crippen LogP contribution >= 0.6 is 0 Å². The van der Waals surface area contributed by atoms with Gasteiger partial charge >= 0.3 is 5.51 Å². The van der Waals surface area contributed by atoms with E-state index in [0.29, 0.717) is 26.1 Å². The minimum atomic E-state index is -4.79. The number of hydrogen-bond donors (Lipinski definition) is 0. The topological polar surface area (TPSA) is 35.5 Å². The van der Waals surface area contributed by atoms with Crippen LogP contribution in [0.5, 0.6) is 0 Å². The van der Waals surface area contributed by atoms with Crippen LogP contribution in [0.3, 0.4) is 0 Å². The van der Waals surface area contributed by atoms with Gasteiger partial charge in [0.25, 0.3) is 11.1 Å². The van der Waals surface area contributed by atoms with Gasteiger partial charge in [-0.1, -0.05) is 6.92 Å². The van der Waals surface area contributed by atoms with Crippen LogP contribution in [0.2, 0.25) is 0 Å². The van der Waals surface area contributed by atoms with Crippen molar-refractivity contribution in [2.75, 3.05) is 19.8 Å². The normalized spacial score (nSPS) is 23.7. The summed E-state index contributed by atoms with van der Waals surface area (Å²) in [5.41, 5.74) is -5.15. The maximum absolute atomic E-state index is 11.9. The average molecular weight is 246 g/mol. The third-order valence-electron chi connectivity index (χ3n) is 2.40. The summed E-state index contributed by atoms with van der Waals surface area (Å²) in [6.07, 6.45) is 1.25. The summed E-state index contributed by atoms with van der Waals surface area (Å²) < 4.78 is 55.6. The zero-order valence-corrected chi connectivity index (χ0v) is 9.12. The average Bonchev–Trinajstić information content (AvgIpc) is 2.14. The Morgan fingerprint density at radius 3 is 2.40 bits per heavy atom. The molecule has 15 heavy (non-hydrogen) atoms. The maximum atomic E-state index is 11.9. The Labute approximate surface area is 88.6 Å². The van der Waals surface area contributed by atoms with E-state index in [9.17, 15) is 17.4 Å². The molecule has 1 unspecified atom stereocenters. The number of rotatable bonds is 3. The molecule has 7 heteroatoms. The van der Waals surface area contributed by atoms with Gasteiger partial charge < -0.3 is 4.74 Å². The molecule has 0 aromatic carbocycles. The minimum absolute atomic E-state index is 0.150. The second-order valence-corrected chi connectivity index (χ2v) is 5.03. The summed E-state index contributed by atoms with van der Waals surface area (Å²) in [4.78, 5) is 0. The van der Waals surface area contributed by atoms with E-state index in [1.54, 1.807) is 0 Å². The molecule has 1 heterocycles.